The Morgan fingerprint density at radius 2 is 2.16 bits per heavy atom. The second kappa shape index (κ2) is 5.42. The maximum Gasteiger partial charge on any atom is 0.295 e. The quantitative estimate of drug-likeness (QED) is 0.450. The van der Waals surface area contributed by atoms with E-state index in [2.05, 4.69) is 38.4 Å². The van der Waals surface area contributed by atoms with E-state index in [0.717, 1.165) is 0 Å². The summed E-state index contributed by atoms with van der Waals surface area (Å²) in [4.78, 5) is 24.1. The average molecular weight is 390 g/mol. The van der Waals surface area contributed by atoms with Crippen LogP contribution in [0.15, 0.2) is 33.7 Å². The minimum Gasteiger partial charge on any atom is -0.305 e. The summed E-state index contributed by atoms with van der Waals surface area (Å²) in [6.45, 7) is 4.09. The molecule has 1 aliphatic heterocycles. The number of rotatable bonds is 3. The van der Waals surface area contributed by atoms with E-state index in [1.165, 1.54) is 11.0 Å². The van der Waals surface area contributed by atoms with Crippen LogP contribution in [0.5, 0.6) is 0 Å². The second-order valence-corrected chi connectivity index (χ2v) is 5.99. The Kier molecular flexibility index (Phi) is 4.05. The van der Waals surface area contributed by atoms with Crippen LogP contribution in [0.2, 0.25) is 0 Å². The van der Waals surface area contributed by atoms with Crippen molar-refractivity contribution in [3.05, 3.63) is 43.8 Å². The summed E-state index contributed by atoms with van der Waals surface area (Å²) in [6.07, 6.45) is 2.04. The van der Waals surface area contributed by atoms with Crippen LogP contribution in [0, 0.1) is 16.0 Å². The van der Waals surface area contributed by atoms with E-state index in [4.69, 9.17) is 0 Å². The summed E-state index contributed by atoms with van der Waals surface area (Å²) in [6, 6.07) is 3.09. The van der Waals surface area contributed by atoms with E-state index in [1.807, 2.05) is 0 Å². The molecule has 1 aliphatic rings. The molecule has 0 saturated carbocycles. The van der Waals surface area contributed by atoms with Gasteiger partial charge in [0.2, 0.25) is 5.91 Å². The highest BCUT2D eigenvalue weighted by atomic mass is 79.9. The van der Waals surface area contributed by atoms with Gasteiger partial charge in [-0.25, -0.2) is 0 Å². The number of anilines is 1. The lowest BCUT2D eigenvalue weighted by molar-refractivity contribution is -0.384. The Morgan fingerprint density at radius 3 is 2.68 bits per heavy atom. The normalized spacial score (nSPS) is 18.7. The first-order valence-corrected chi connectivity index (χ1v) is 7.09. The molecule has 0 N–H and O–H groups in total. The average Bonchev–Trinajstić information content (AvgIpc) is 2.69. The number of nitrogens with zero attached hydrogens (tertiary/aromatic N) is 2. The van der Waals surface area contributed by atoms with Crippen LogP contribution >= 0.6 is 31.9 Å². The summed E-state index contributed by atoms with van der Waals surface area (Å²) in [5.41, 5.74) is 0.210. The lowest BCUT2D eigenvalue weighted by Gasteiger charge is -2.18. The summed E-state index contributed by atoms with van der Waals surface area (Å²) in [5.74, 6) is -0.0985. The smallest absolute Gasteiger partial charge is 0.295 e. The molecule has 1 aromatic rings. The molecule has 0 radical (unpaired) electrons. The Hall–Kier alpha value is -1.21. The van der Waals surface area contributed by atoms with Gasteiger partial charge in [0.15, 0.2) is 0 Å². The highest BCUT2D eigenvalue weighted by Crippen LogP contribution is 2.41. The Labute approximate surface area is 126 Å². The molecule has 1 heterocycles. The summed E-state index contributed by atoms with van der Waals surface area (Å²) in [5, 5.41) is 11.1. The van der Waals surface area contributed by atoms with Gasteiger partial charge in [-0.2, -0.15) is 0 Å². The van der Waals surface area contributed by atoms with Crippen LogP contribution in [-0.2, 0) is 4.79 Å². The molecule has 19 heavy (non-hydrogen) atoms. The number of nitro groups is 1. The van der Waals surface area contributed by atoms with Crippen molar-refractivity contribution >= 4 is 49.1 Å². The van der Waals surface area contributed by atoms with Gasteiger partial charge < -0.3 is 4.90 Å². The number of carbonyl (C=O) groups excluding carboxylic acids is 1. The van der Waals surface area contributed by atoms with Crippen molar-refractivity contribution in [1.29, 1.82) is 0 Å². The molecule has 100 valence electrons. The maximum atomic E-state index is 12.0. The molecule has 1 saturated heterocycles. The van der Waals surface area contributed by atoms with E-state index < -0.39 is 4.92 Å². The fraction of sp³-hybridized carbons (Fsp3) is 0.250. The molecule has 0 spiro atoms. The number of hydrogen-bond acceptors (Lipinski definition) is 3. The van der Waals surface area contributed by atoms with Crippen molar-refractivity contribution in [1.82, 2.24) is 0 Å². The second-order valence-electron chi connectivity index (χ2n) is 4.22. The summed E-state index contributed by atoms with van der Waals surface area (Å²) in [7, 11) is 0. The van der Waals surface area contributed by atoms with Crippen LogP contribution in [0.25, 0.3) is 0 Å². The first-order chi connectivity index (χ1) is 8.93. The molecular formula is C12H10Br2N2O3. The molecule has 1 atom stereocenters. The number of nitro benzene ring substituents is 1. The van der Waals surface area contributed by atoms with Gasteiger partial charge in [-0.1, -0.05) is 22.0 Å². The van der Waals surface area contributed by atoms with Crippen molar-refractivity contribution < 1.29 is 9.72 Å². The van der Waals surface area contributed by atoms with Gasteiger partial charge in [0.1, 0.15) is 5.69 Å². The number of amides is 1. The van der Waals surface area contributed by atoms with Crippen LogP contribution in [0.1, 0.15) is 6.42 Å². The van der Waals surface area contributed by atoms with Gasteiger partial charge in [0.05, 0.1) is 4.92 Å². The van der Waals surface area contributed by atoms with E-state index in [1.54, 1.807) is 12.1 Å². The molecule has 1 aromatic carbocycles. The van der Waals surface area contributed by atoms with Gasteiger partial charge >= 0.3 is 0 Å². The Bertz CT molecular complexity index is 574. The zero-order valence-corrected chi connectivity index (χ0v) is 13.0. The summed E-state index contributed by atoms with van der Waals surface area (Å²) < 4.78 is 1.10. The minimum atomic E-state index is -0.487. The van der Waals surface area contributed by atoms with Crippen molar-refractivity contribution in [2.24, 2.45) is 5.92 Å². The van der Waals surface area contributed by atoms with Crippen LogP contribution in [0.3, 0.4) is 0 Å². The van der Waals surface area contributed by atoms with E-state index in [9.17, 15) is 14.9 Å². The zero-order valence-electron chi connectivity index (χ0n) is 9.81. The van der Waals surface area contributed by atoms with E-state index in [-0.39, 0.29) is 17.5 Å². The number of halogens is 2. The van der Waals surface area contributed by atoms with Crippen LogP contribution in [0.4, 0.5) is 11.4 Å². The first kappa shape index (κ1) is 14.2. The molecule has 1 unspecified atom stereocenters. The predicted molar refractivity (Wildman–Crippen MR) is 79.2 cm³/mol. The minimum absolute atomic E-state index is 0.0302. The first-order valence-electron chi connectivity index (χ1n) is 5.50. The van der Waals surface area contributed by atoms with Gasteiger partial charge in [0.25, 0.3) is 5.69 Å². The fourth-order valence-electron chi connectivity index (χ4n) is 2.07. The Morgan fingerprint density at radius 1 is 1.47 bits per heavy atom. The molecule has 0 bridgehead atoms. The lowest BCUT2D eigenvalue weighted by atomic mass is 10.1. The van der Waals surface area contributed by atoms with Crippen molar-refractivity contribution in [2.75, 3.05) is 11.4 Å². The molecule has 0 aliphatic carbocycles. The molecule has 1 fully saturated rings. The molecular weight excluding hydrogens is 380 g/mol. The summed E-state index contributed by atoms with van der Waals surface area (Å²) >= 11 is 6.50. The monoisotopic (exact) mass is 388 g/mol. The molecule has 1 amide bonds. The van der Waals surface area contributed by atoms with Gasteiger partial charge in [0, 0.05) is 33.9 Å². The standard InChI is InChI=1S/C12H10Br2N2O3/c1-2-7-3-11(17)15(6-7)12-9(14)4-8(13)5-10(12)16(18)19/h2,4-5,7H,1,3,6H2. The number of hydrogen-bond donors (Lipinski definition) is 0. The molecule has 7 heteroatoms. The van der Waals surface area contributed by atoms with Crippen LogP contribution in [-0.4, -0.2) is 17.4 Å². The van der Waals surface area contributed by atoms with E-state index >= 15 is 0 Å². The number of benzene rings is 1. The molecule has 0 aromatic heterocycles. The zero-order chi connectivity index (χ0) is 14.2. The van der Waals surface area contributed by atoms with Gasteiger partial charge in [-0.3, -0.25) is 14.9 Å². The van der Waals surface area contributed by atoms with Crippen molar-refractivity contribution in [2.45, 2.75) is 6.42 Å². The number of carbonyl (C=O) groups is 1. The third-order valence-corrected chi connectivity index (χ3v) is 4.03. The third-order valence-electron chi connectivity index (χ3n) is 2.96. The van der Waals surface area contributed by atoms with Crippen molar-refractivity contribution in [3.8, 4) is 0 Å². The lowest BCUT2D eigenvalue weighted by Crippen LogP contribution is -2.25. The van der Waals surface area contributed by atoms with Crippen LogP contribution < -0.4 is 4.90 Å². The maximum absolute atomic E-state index is 12.0. The third kappa shape index (κ3) is 2.71. The highest BCUT2D eigenvalue weighted by Gasteiger charge is 2.34. The topological polar surface area (TPSA) is 63.5 Å². The molecule has 2 rings (SSSR count). The van der Waals surface area contributed by atoms with Gasteiger partial charge in [-0.05, 0) is 22.0 Å². The van der Waals surface area contributed by atoms with Crippen molar-refractivity contribution in [3.63, 3.8) is 0 Å². The van der Waals surface area contributed by atoms with Gasteiger partial charge in [-0.15, -0.1) is 6.58 Å². The highest BCUT2D eigenvalue weighted by molar-refractivity contribution is 9.11. The SMILES string of the molecule is C=CC1CC(=O)N(c2c(Br)cc(Br)cc2[N+](=O)[O-])C1. The fourth-order valence-corrected chi connectivity index (χ4v) is 3.48. The largest absolute Gasteiger partial charge is 0.305 e. The predicted octanol–water partition coefficient (Wildman–Crippen LogP) is 3.66. The Balaban J connectivity index is 2.53. The van der Waals surface area contributed by atoms with E-state index in [0.29, 0.717) is 27.6 Å². The molecule has 5 nitrogen and oxygen atoms in total.